The molecule has 0 aliphatic carbocycles. The third kappa shape index (κ3) is 5.20. The molecule has 1 aromatic rings. The van der Waals surface area contributed by atoms with Crippen molar-refractivity contribution in [2.45, 2.75) is 45.2 Å². The molecule has 0 bridgehead atoms. The van der Waals surface area contributed by atoms with Crippen LogP contribution in [-0.4, -0.2) is 48.0 Å². The molecule has 7 nitrogen and oxygen atoms in total. The second kappa shape index (κ2) is 8.50. The number of primary amides is 1. The van der Waals surface area contributed by atoms with Gasteiger partial charge in [0.15, 0.2) is 13.2 Å². The first-order chi connectivity index (χ1) is 11.9. The lowest BCUT2D eigenvalue weighted by molar-refractivity contribution is -0.140. The summed E-state index contributed by atoms with van der Waals surface area (Å²) in [7, 11) is 0. The molecular formula is C18H24N2O5. The highest BCUT2D eigenvalue weighted by molar-refractivity contribution is 5.91. The van der Waals surface area contributed by atoms with E-state index in [9.17, 15) is 14.4 Å². The molecule has 2 N–H and O–H groups in total. The number of rotatable bonds is 6. The van der Waals surface area contributed by atoms with Crippen LogP contribution in [0.5, 0.6) is 5.75 Å². The fourth-order valence-corrected chi connectivity index (χ4v) is 3.04. The minimum Gasteiger partial charge on any atom is -0.484 e. The molecule has 25 heavy (non-hydrogen) atoms. The van der Waals surface area contributed by atoms with E-state index >= 15 is 0 Å². The lowest BCUT2D eigenvalue weighted by Gasteiger charge is -2.38. The second-order valence-electron chi connectivity index (χ2n) is 6.29. The van der Waals surface area contributed by atoms with Crippen LogP contribution in [0.2, 0.25) is 0 Å². The number of likely N-dealkylation sites (tertiary alicyclic amines) is 1. The Morgan fingerprint density at radius 1 is 1.08 bits per heavy atom. The van der Waals surface area contributed by atoms with Gasteiger partial charge < -0.3 is 20.1 Å². The maximum atomic E-state index is 12.3. The van der Waals surface area contributed by atoms with Crippen LogP contribution in [0.1, 0.15) is 43.5 Å². The molecule has 136 valence electrons. The lowest BCUT2D eigenvalue weighted by atomic mass is 9.97. The highest BCUT2D eigenvalue weighted by Crippen LogP contribution is 2.22. The number of esters is 1. The van der Waals surface area contributed by atoms with E-state index in [1.54, 1.807) is 4.90 Å². The molecule has 7 heteroatoms. The fraction of sp³-hybridized carbons (Fsp3) is 0.500. The van der Waals surface area contributed by atoms with Gasteiger partial charge in [0, 0.05) is 12.1 Å². The first-order valence-electron chi connectivity index (χ1n) is 8.38. The maximum absolute atomic E-state index is 12.3. The summed E-state index contributed by atoms with van der Waals surface area (Å²) >= 11 is 0. The summed E-state index contributed by atoms with van der Waals surface area (Å²) in [6.45, 7) is 3.53. The van der Waals surface area contributed by atoms with E-state index in [1.807, 2.05) is 13.8 Å². The van der Waals surface area contributed by atoms with Crippen molar-refractivity contribution >= 4 is 17.8 Å². The first kappa shape index (κ1) is 18.8. The Hall–Kier alpha value is -2.57. The zero-order chi connectivity index (χ0) is 18.4. The summed E-state index contributed by atoms with van der Waals surface area (Å²) < 4.78 is 10.2. The number of carbonyl (C=O) groups is 3. The van der Waals surface area contributed by atoms with E-state index in [0.29, 0.717) is 11.3 Å². The standard InChI is InChI=1S/C18H24N2O5/c1-12-4-3-5-13(2)20(12)17(22)11-25-18(23)14-6-8-15(9-7-14)24-10-16(19)21/h6-9,12-13H,3-5,10-11H2,1-2H3,(H2,19,21)/t12-,13-/m0/s1. The number of nitrogens with zero attached hydrogens (tertiary/aromatic N) is 1. The van der Waals surface area contributed by atoms with Crippen molar-refractivity contribution in [2.24, 2.45) is 5.73 Å². The van der Waals surface area contributed by atoms with E-state index in [2.05, 4.69) is 0 Å². The van der Waals surface area contributed by atoms with Gasteiger partial charge in [-0.15, -0.1) is 0 Å². The zero-order valence-corrected chi connectivity index (χ0v) is 14.6. The van der Waals surface area contributed by atoms with E-state index in [4.69, 9.17) is 15.2 Å². The first-order valence-corrected chi connectivity index (χ1v) is 8.38. The Morgan fingerprint density at radius 2 is 1.68 bits per heavy atom. The average molecular weight is 348 g/mol. The number of hydrogen-bond acceptors (Lipinski definition) is 5. The molecule has 0 spiro atoms. The SMILES string of the molecule is C[C@H]1CCC[C@H](C)N1C(=O)COC(=O)c1ccc(OCC(N)=O)cc1. The molecule has 2 rings (SSSR count). The Balaban J connectivity index is 1.87. The van der Waals surface area contributed by atoms with Gasteiger partial charge in [-0.1, -0.05) is 0 Å². The molecule has 0 unspecified atom stereocenters. The fourth-order valence-electron chi connectivity index (χ4n) is 3.04. The quantitative estimate of drug-likeness (QED) is 0.786. The third-order valence-electron chi connectivity index (χ3n) is 4.28. The summed E-state index contributed by atoms with van der Waals surface area (Å²) in [4.78, 5) is 36.9. The molecule has 1 saturated heterocycles. The summed E-state index contributed by atoms with van der Waals surface area (Å²) in [5.41, 5.74) is 5.30. The normalized spacial score (nSPS) is 20.0. The summed E-state index contributed by atoms with van der Waals surface area (Å²) in [6, 6.07) is 6.42. The van der Waals surface area contributed by atoms with Crippen LogP contribution in [0.3, 0.4) is 0 Å². The molecule has 0 aromatic heterocycles. The van der Waals surface area contributed by atoms with Gasteiger partial charge >= 0.3 is 5.97 Å². The number of amides is 2. The Bertz CT molecular complexity index is 619. The van der Waals surface area contributed by atoms with Crippen LogP contribution in [0, 0.1) is 0 Å². The van der Waals surface area contributed by atoms with Gasteiger partial charge in [-0.2, -0.15) is 0 Å². The summed E-state index contributed by atoms with van der Waals surface area (Å²) in [5.74, 6) is -0.910. The van der Waals surface area contributed by atoms with Crippen LogP contribution in [-0.2, 0) is 14.3 Å². The minimum atomic E-state index is -0.580. The van der Waals surface area contributed by atoms with Crippen molar-refractivity contribution in [3.05, 3.63) is 29.8 Å². The molecule has 1 aliphatic heterocycles. The number of carbonyl (C=O) groups excluding carboxylic acids is 3. The number of benzene rings is 1. The van der Waals surface area contributed by atoms with E-state index < -0.39 is 11.9 Å². The van der Waals surface area contributed by atoms with Crippen LogP contribution >= 0.6 is 0 Å². The Labute approximate surface area is 147 Å². The molecule has 2 atom stereocenters. The number of ether oxygens (including phenoxy) is 2. The topological polar surface area (TPSA) is 98.9 Å². The number of nitrogens with two attached hydrogens (primary N) is 1. The molecule has 1 aliphatic rings. The third-order valence-corrected chi connectivity index (χ3v) is 4.28. The van der Waals surface area contributed by atoms with E-state index in [0.717, 1.165) is 19.3 Å². The van der Waals surface area contributed by atoms with Crippen LogP contribution in [0.25, 0.3) is 0 Å². The van der Waals surface area contributed by atoms with Crippen molar-refractivity contribution in [3.8, 4) is 5.75 Å². The van der Waals surface area contributed by atoms with Crippen LogP contribution in [0.15, 0.2) is 24.3 Å². The van der Waals surface area contributed by atoms with Gasteiger partial charge in [0.25, 0.3) is 11.8 Å². The molecule has 0 radical (unpaired) electrons. The van der Waals surface area contributed by atoms with Gasteiger partial charge in [-0.3, -0.25) is 9.59 Å². The lowest BCUT2D eigenvalue weighted by Crippen LogP contribution is -2.49. The molecule has 2 amide bonds. The summed E-state index contributed by atoms with van der Waals surface area (Å²) in [6.07, 6.45) is 3.05. The van der Waals surface area contributed by atoms with Gasteiger partial charge in [0.1, 0.15) is 5.75 Å². The highest BCUT2D eigenvalue weighted by Gasteiger charge is 2.29. The van der Waals surface area contributed by atoms with Gasteiger partial charge in [0.2, 0.25) is 0 Å². The van der Waals surface area contributed by atoms with Crippen LogP contribution < -0.4 is 10.5 Å². The molecule has 1 heterocycles. The van der Waals surface area contributed by atoms with E-state index in [1.165, 1.54) is 24.3 Å². The molecule has 1 fully saturated rings. The zero-order valence-electron chi connectivity index (χ0n) is 14.6. The minimum absolute atomic E-state index is 0.164. The van der Waals surface area contributed by atoms with Crippen molar-refractivity contribution < 1.29 is 23.9 Å². The maximum Gasteiger partial charge on any atom is 0.338 e. The van der Waals surface area contributed by atoms with Crippen molar-refractivity contribution in [3.63, 3.8) is 0 Å². The largest absolute Gasteiger partial charge is 0.484 e. The van der Waals surface area contributed by atoms with Crippen molar-refractivity contribution in [2.75, 3.05) is 13.2 Å². The Morgan fingerprint density at radius 3 is 2.24 bits per heavy atom. The molecular weight excluding hydrogens is 324 g/mol. The predicted octanol–water partition coefficient (Wildman–Crippen LogP) is 1.50. The van der Waals surface area contributed by atoms with Crippen molar-refractivity contribution in [1.82, 2.24) is 4.90 Å². The smallest absolute Gasteiger partial charge is 0.338 e. The van der Waals surface area contributed by atoms with Gasteiger partial charge in [0.05, 0.1) is 5.56 Å². The molecule has 1 aromatic carbocycles. The van der Waals surface area contributed by atoms with E-state index in [-0.39, 0.29) is 31.2 Å². The average Bonchev–Trinajstić information content (AvgIpc) is 2.58. The second-order valence-corrected chi connectivity index (χ2v) is 6.29. The number of piperidine rings is 1. The highest BCUT2D eigenvalue weighted by atomic mass is 16.5. The van der Waals surface area contributed by atoms with Gasteiger partial charge in [-0.25, -0.2) is 4.79 Å². The van der Waals surface area contributed by atoms with Crippen LogP contribution in [0.4, 0.5) is 0 Å². The monoisotopic (exact) mass is 348 g/mol. The summed E-state index contributed by atoms with van der Waals surface area (Å²) in [5, 5.41) is 0. The molecule has 0 saturated carbocycles. The Kier molecular flexibility index (Phi) is 6.38. The number of hydrogen-bond donors (Lipinski definition) is 1. The predicted molar refractivity (Wildman–Crippen MR) is 91.0 cm³/mol. The van der Waals surface area contributed by atoms with Gasteiger partial charge in [-0.05, 0) is 57.4 Å². The van der Waals surface area contributed by atoms with Crippen molar-refractivity contribution in [1.29, 1.82) is 0 Å².